The topological polar surface area (TPSA) is 94.9 Å². The second kappa shape index (κ2) is 9.46. The first-order chi connectivity index (χ1) is 14.5. The molecule has 1 amide bonds. The Balaban J connectivity index is 1.96. The molecule has 0 fully saturated rings. The Kier molecular flexibility index (Phi) is 6.53. The highest BCUT2D eigenvalue weighted by Gasteiger charge is 2.21. The molecule has 9 heteroatoms. The van der Waals surface area contributed by atoms with Gasteiger partial charge in [-0.05, 0) is 30.7 Å². The average Bonchev–Trinajstić information content (AvgIpc) is 2.76. The zero-order valence-electron chi connectivity index (χ0n) is 16.5. The molecule has 0 aliphatic carbocycles. The zero-order chi connectivity index (χ0) is 21.5. The van der Waals surface area contributed by atoms with E-state index in [0.29, 0.717) is 5.75 Å². The summed E-state index contributed by atoms with van der Waals surface area (Å²) in [6.45, 7) is 1.83. The molecule has 1 N–H and O–H groups in total. The van der Waals surface area contributed by atoms with Crippen LogP contribution in [-0.2, 0) is 9.63 Å². The van der Waals surface area contributed by atoms with Crippen molar-refractivity contribution in [3.8, 4) is 23.3 Å². The van der Waals surface area contributed by atoms with Gasteiger partial charge in [0, 0.05) is 7.05 Å². The number of nitrogens with one attached hydrogen (secondary N) is 1. The molecule has 0 aliphatic heterocycles. The third kappa shape index (κ3) is 4.52. The number of likely N-dealkylation sites (N-methyl/N-ethyl adjacent to an activating group) is 1. The molecule has 0 saturated heterocycles. The van der Waals surface area contributed by atoms with Crippen molar-refractivity contribution in [2.75, 3.05) is 14.2 Å². The predicted molar refractivity (Wildman–Crippen MR) is 107 cm³/mol. The summed E-state index contributed by atoms with van der Waals surface area (Å²) in [5, 5.41) is 6.21. The Morgan fingerprint density at radius 3 is 2.23 bits per heavy atom. The molecule has 0 radical (unpaired) electrons. The number of ether oxygens (including phenoxy) is 2. The number of amides is 1. The number of hydrogen-bond acceptors (Lipinski definition) is 7. The lowest BCUT2D eigenvalue weighted by atomic mass is 10.1. The van der Waals surface area contributed by atoms with Crippen LogP contribution in [0, 0.1) is 12.7 Å². The van der Waals surface area contributed by atoms with Crippen LogP contribution in [0.1, 0.15) is 11.1 Å². The minimum absolute atomic E-state index is 0.0403. The molecule has 154 valence electrons. The van der Waals surface area contributed by atoms with Crippen molar-refractivity contribution < 1.29 is 23.5 Å². The number of nitrogens with zero attached hydrogens (tertiary/aromatic N) is 3. The number of rotatable bonds is 7. The van der Waals surface area contributed by atoms with Gasteiger partial charge in [0.1, 0.15) is 24.9 Å². The van der Waals surface area contributed by atoms with Gasteiger partial charge in [-0.1, -0.05) is 35.5 Å². The summed E-state index contributed by atoms with van der Waals surface area (Å²) in [4.78, 5) is 24.6. The quantitative estimate of drug-likeness (QED) is 0.472. The highest BCUT2D eigenvalue weighted by atomic mass is 19.1. The van der Waals surface area contributed by atoms with Crippen LogP contribution in [0.2, 0.25) is 0 Å². The Morgan fingerprint density at radius 1 is 1.00 bits per heavy atom. The van der Waals surface area contributed by atoms with E-state index in [1.54, 1.807) is 36.4 Å². The van der Waals surface area contributed by atoms with Gasteiger partial charge in [-0.15, -0.1) is 0 Å². The van der Waals surface area contributed by atoms with E-state index in [9.17, 15) is 9.18 Å². The smallest absolute Gasteiger partial charge is 0.273 e. The molecule has 1 heterocycles. The molecule has 0 aliphatic rings. The minimum Gasteiger partial charge on any atom is -0.436 e. The van der Waals surface area contributed by atoms with E-state index in [1.807, 2.05) is 19.1 Å². The maximum absolute atomic E-state index is 15.0. The first-order valence-electron chi connectivity index (χ1n) is 8.89. The van der Waals surface area contributed by atoms with Crippen LogP contribution in [0.15, 0.2) is 60.0 Å². The van der Waals surface area contributed by atoms with Crippen molar-refractivity contribution in [1.82, 2.24) is 15.3 Å². The van der Waals surface area contributed by atoms with E-state index < -0.39 is 11.7 Å². The summed E-state index contributed by atoms with van der Waals surface area (Å²) >= 11 is 0. The van der Waals surface area contributed by atoms with Crippen LogP contribution in [0.5, 0.6) is 23.3 Å². The molecule has 3 aromatic rings. The number of hydrogen-bond donors (Lipinski definition) is 1. The van der Waals surface area contributed by atoms with E-state index in [0.717, 1.165) is 11.9 Å². The van der Waals surface area contributed by atoms with Crippen LogP contribution in [0.3, 0.4) is 0 Å². The molecule has 3 rings (SSSR count). The number of aromatic nitrogens is 2. The highest BCUT2D eigenvalue weighted by molar-refractivity contribution is 6.45. The van der Waals surface area contributed by atoms with Gasteiger partial charge in [0.2, 0.25) is 5.82 Å². The van der Waals surface area contributed by atoms with E-state index in [2.05, 4.69) is 20.4 Å². The van der Waals surface area contributed by atoms with Crippen molar-refractivity contribution in [3.63, 3.8) is 0 Å². The second-order valence-electron chi connectivity index (χ2n) is 5.97. The van der Waals surface area contributed by atoms with E-state index in [-0.39, 0.29) is 28.8 Å². The molecule has 1 aromatic heterocycles. The van der Waals surface area contributed by atoms with E-state index in [4.69, 9.17) is 14.3 Å². The standard InChI is InChI=1S/C21H19FN4O4/c1-13-8-4-6-10-15(13)29-20-17(22)21(25-12-24-20)30-16-11-7-5-9-14(16)18(26-28-3)19(27)23-2/h4-12H,1-3H3,(H,23,27)/b26-18-. The number of carbonyl (C=O) groups is 1. The van der Waals surface area contributed by atoms with Gasteiger partial charge in [-0.3, -0.25) is 4.79 Å². The fraction of sp³-hybridized carbons (Fsp3) is 0.143. The molecule has 2 aromatic carbocycles. The third-order valence-electron chi connectivity index (χ3n) is 4.00. The first-order valence-corrected chi connectivity index (χ1v) is 8.89. The molecular weight excluding hydrogens is 391 g/mol. The second-order valence-corrected chi connectivity index (χ2v) is 5.97. The Labute approximate surface area is 172 Å². The third-order valence-corrected chi connectivity index (χ3v) is 4.00. The monoisotopic (exact) mass is 410 g/mol. The lowest BCUT2D eigenvalue weighted by Gasteiger charge is -2.13. The Morgan fingerprint density at radius 2 is 1.60 bits per heavy atom. The van der Waals surface area contributed by atoms with Crippen molar-refractivity contribution >= 4 is 11.6 Å². The van der Waals surface area contributed by atoms with Gasteiger partial charge in [-0.2, -0.15) is 14.4 Å². The SMILES string of the molecule is CNC(=O)/C(=N\OC)c1ccccc1Oc1ncnc(Oc2ccccc2C)c1F. The van der Waals surface area contributed by atoms with Gasteiger partial charge in [0.05, 0.1) is 5.56 Å². The highest BCUT2D eigenvalue weighted by Crippen LogP contribution is 2.32. The van der Waals surface area contributed by atoms with Crippen molar-refractivity contribution in [2.45, 2.75) is 6.92 Å². The first kappa shape index (κ1) is 20.7. The predicted octanol–water partition coefficient (Wildman–Crippen LogP) is 3.61. The Bertz CT molecular complexity index is 1090. The van der Waals surface area contributed by atoms with Crippen LogP contribution in [0.4, 0.5) is 4.39 Å². The number of halogens is 1. The number of oxime groups is 1. The van der Waals surface area contributed by atoms with E-state index in [1.165, 1.54) is 14.2 Å². The van der Waals surface area contributed by atoms with Gasteiger partial charge < -0.3 is 19.6 Å². The van der Waals surface area contributed by atoms with Crippen LogP contribution in [-0.4, -0.2) is 35.7 Å². The largest absolute Gasteiger partial charge is 0.436 e. The van der Waals surface area contributed by atoms with Gasteiger partial charge >= 0.3 is 0 Å². The molecular formula is C21H19FN4O4. The van der Waals surface area contributed by atoms with Crippen LogP contribution < -0.4 is 14.8 Å². The molecule has 0 bridgehead atoms. The fourth-order valence-corrected chi connectivity index (χ4v) is 2.53. The molecule has 0 spiro atoms. The number of para-hydroxylation sites is 2. The van der Waals surface area contributed by atoms with E-state index >= 15 is 0 Å². The van der Waals surface area contributed by atoms with Crippen molar-refractivity contribution in [2.24, 2.45) is 5.16 Å². The molecule has 30 heavy (non-hydrogen) atoms. The molecule has 8 nitrogen and oxygen atoms in total. The summed E-state index contributed by atoms with van der Waals surface area (Å²) in [6.07, 6.45) is 1.12. The molecule has 0 unspecified atom stereocenters. The van der Waals surface area contributed by atoms with Crippen molar-refractivity contribution in [1.29, 1.82) is 0 Å². The zero-order valence-corrected chi connectivity index (χ0v) is 16.5. The number of aryl methyl sites for hydroxylation is 1. The summed E-state index contributed by atoms with van der Waals surface area (Å²) < 4.78 is 26.2. The van der Waals surface area contributed by atoms with Crippen molar-refractivity contribution in [3.05, 3.63) is 71.8 Å². The average molecular weight is 410 g/mol. The summed E-state index contributed by atoms with van der Waals surface area (Å²) in [7, 11) is 2.77. The van der Waals surface area contributed by atoms with Gasteiger partial charge in [-0.25, -0.2) is 0 Å². The minimum atomic E-state index is -0.888. The fourth-order valence-electron chi connectivity index (χ4n) is 2.53. The van der Waals surface area contributed by atoms with Crippen LogP contribution in [0.25, 0.3) is 0 Å². The number of benzene rings is 2. The summed E-state index contributed by atoms with van der Waals surface area (Å²) in [5.74, 6) is -1.44. The maximum Gasteiger partial charge on any atom is 0.273 e. The lowest BCUT2D eigenvalue weighted by Crippen LogP contribution is -2.28. The van der Waals surface area contributed by atoms with Gasteiger partial charge in [0.15, 0.2) is 5.71 Å². The molecule has 0 atom stereocenters. The number of carbonyl (C=O) groups excluding carboxylic acids is 1. The lowest BCUT2D eigenvalue weighted by molar-refractivity contribution is -0.114. The summed E-state index contributed by atoms with van der Waals surface area (Å²) in [6, 6.07) is 13.6. The normalized spacial score (nSPS) is 11.0. The molecule has 0 saturated carbocycles. The maximum atomic E-state index is 15.0. The van der Waals surface area contributed by atoms with Gasteiger partial charge in [0.25, 0.3) is 17.7 Å². The Hall–Kier alpha value is -4.01. The van der Waals surface area contributed by atoms with Crippen LogP contribution >= 0.6 is 0 Å². The summed E-state index contributed by atoms with van der Waals surface area (Å²) in [5.41, 5.74) is 1.06.